The SMILES string of the molecule is CC1C(NC(=O)CCc2ccc3c(c2)OCCCO3)NNC1C1CC1. The minimum atomic E-state index is 0.0156. The second-order valence-corrected chi connectivity index (χ2v) is 7.39. The normalized spacial score (nSPS) is 28.4. The van der Waals surface area contributed by atoms with E-state index in [4.69, 9.17) is 9.47 Å². The standard InChI is InChI=1S/C19H27N3O3/c1-12-18(14-5-6-14)21-22-19(12)20-17(23)8-4-13-3-7-15-16(11-13)25-10-2-9-24-15/h3,7,11-12,14,18-19,21-22H,2,4-6,8-10H2,1H3,(H,20,23). The second-order valence-electron chi connectivity index (χ2n) is 7.39. The molecule has 2 fully saturated rings. The van der Waals surface area contributed by atoms with Gasteiger partial charge in [-0.2, -0.15) is 0 Å². The summed E-state index contributed by atoms with van der Waals surface area (Å²) in [5.41, 5.74) is 7.68. The van der Waals surface area contributed by atoms with Gasteiger partial charge >= 0.3 is 0 Å². The van der Waals surface area contributed by atoms with Crippen LogP contribution in [0.25, 0.3) is 0 Å². The van der Waals surface area contributed by atoms with Crippen molar-refractivity contribution < 1.29 is 14.3 Å². The molecule has 1 aromatic carbocycles. The highest BCUT2D eigenvalue weighted by Crippen LogP contribution is 2.37. The van der Waals surface area contributed by atoms with Crippen LogP contribution in [0.5, 0.6) is 11.5 Å². The van der Waals surface area contributed by atoms with Gasteiger partial charge in [0, 0.05) is 24.8 Å². The molecule has 6 heteroatoms. The number of nitrogens with one attached hydrogen (secondary N) is 3. The summed E-state index contributed by atoms with van der Waals surface area (Å²) in [7, 11) is 0. The Morgan fingerprint density at radius 1 is 1.20 bits per heavy atom. The summed E-state index contributed by atoms with van der Waals surface area (Å²) in [4.78, 5) is 12.3. The van der Waals surface area contributed by atoms with E-state index in [-0.39, 0.29) is 12.1 Å². The lowest BCUT2D eigenvalue weighted by atomic mass is 9.97. The van der Waals surface area contributed by atoms with E-state index < -0.39 is 0 Å². The van der Waals surface area contributed by atoms with Crippen LogP contribution in [-0.2, 0) is 11.2 Å². The molecular weight excluding hydrogens is 318 g/mol. The largest absolute Gasteiger partial charge is 0.490 e. The summed E-state index contributed by atoms with van der Waals surface area (Å²) in [6.07, 6.45) is 4.68. The Kier molecular flexibility index (Phi) is 4.81. The van der Waals surface area contributed by atoms with Crippen molar-refractivity contribution >= 4 is 5.91 Å². The molecule has 0 aromatic heterocycles. The Labute approximate surface area is 148 Å². The van der Waals surface area contributed by atoms with Crippen molar-refractivity contribution in [2.75, 3.05) is 13.2 Å². The van der Waals surface area contributed by atoms with Gasteiger partial charge in [0.2, 0.25) is 5.91 Å². The first-order chi connectivity index (χ1) is 12.2. The van der Waals surface area contributed by atoms with Crippen LogP contribution < -0.4 is 25.6 Å². The van der Waals surface area contributed by atoms with Crippen molar-refractivity contribution in [2.24, 2.45) is 11.8 Å². The quantitative estimate of drug-likeness (QED) is 0.758. The Hall–Kier alpha value is -1.79. The number of carbonyl (C=O) groups excluding carboxylic acids is 1. The van der Waals surface area contributed by atoms with Crippen molar-refractivity contribution in [1.82, 2.24) is 16.2 Å². The summed E-state index contributed by atoms with van der Waals surface area (Å²) in [6, 6.07) is 6.43. The number of aryl methyl sites for hydroxylation is 1. The van der Waals surface area contributed by atoms with Crippen molar-refractivity contribution in [3.63, 3.8) is 0 Å². The predicted octanol–water partition coefficient (Wildman–Crippen LogP) is 1.75. The number of rotatable bonds is 5. The van der Waals surface area contributed by atoms with Gasteiger partial charge in [0.25, 0.3) is 0 Å². The van der Waals surface area contributed by atoms with Crippen LogP contribution in [0.3, 0.4) is 0 Å². The maximum Gasteiger partial charge on any atom is 0.221 e. The van der Waals surface area contributed by atoms with Gasteiger partial charge in [0.15, 0.2) is 11.5 Å². The van der Waals surface area contributed by atoms with E-state index >= 15 is 0 Å². The fraction of sp³-hybridized carbons (Fsp3) is 0.632. The van der Waals surface area contributed by atoms with Gasteiger partial charge in [-0.25, -0.2) is 5.43 Å². The van der Waals surface area contributed by atoms with Crippen LogP contribution >= 0.6 is 0 Å². The first-order valence-corrected chi connectivity index (χ1v) is 9.39. The van der Waals surface area contributed by atoms with Crippen molar-refractivity contribution in [1.29, 1.82) is 0 Å². The van der Waals surface area contributed by atoms with Crippen LogP contribution in [0.15, 0.2) is 18.2 Å². The third-order valence-electron chi connectivity index (χ3n) is 5.40. The zero-order chi connectivity index (χ0) is 17.2. The summed E-state index contributed by atoms with van der Waals surface area (Å²) in [5.74, 6) is 2.85. The Morgan fingerprint density at radius 3 is 2.80 bits per heavy atom. The molecule has 1 amide bonds. The van der Waals surface area contributed by atoms with Crippen LogP contribution in [0, 0.1) is 11.8 Å². The molecule has 3 N–H and O–H groups in total. The highest BCUT2D eigenvalue weighted by molar-refractivity contribution is 5.76. The zero-order valence-electron chi connectivity index (χ0n) is 14.7. The zero-order valence-corrected chi connectivity index (χ0v) is 14.7. The monoisotopic (exact) mass is 345 g/mol. The molecule has 1 saturated heterocycles. The van der Waals surface area contributed by atoms with Crippen LogP contribution in [0.1, 0.15) is 38.2 Å². The van der Waals surface area contributed by atoms with E-state index in [1.807, 2.05) is 18.2 Å². The number of amides is 1. The number of ether oxygens (including phenoxy) is 2. The van der Waals surface area contributed by atoms with Crippen molar-refractivity contribution in [2.45, 2.75) is 51.2 Å². The molecule has 0 bridgehead atoms. The summed E-state index contributed by atoms with van der Waals surface area (Å²) in [6.45, 7) is 3.57. The Balaban J connectivity index is 1.28. The smallest absolute Gasteiger partial charge is 0.221 e. The molecule has 136 valence electrons. The van der Waals surface area contributed by atoms with E-state index in [1.54, 1.807) is 0 Å². The predicted molar refractivity (Wildman–Crippen MR) is 94.2 cm³/mol. The minimum Gasteiger partial charge on any atom is -0.490 e. The van der Waals surface area contributed by atoms with Gasteiger partial charge < -0.3 is 14.8 Å². The molecule has 2 heterocycles. The molecule has 3 unspecified atom stereocenters. The first-order valence-electron chi connectivity index (χ1n) is 9.39. The second kappa shape index (κ2) is 7.22. The fourth-order valence-corrected chi connectivity index (χ4v) is 3.69. The highest BCUT2D eigenvalue weighted by atomic mass is 16.5. The van der Waals surface area contributed by atoms with Gasteiger partial charge in [-0.1, -0.05) is 13.0 Å². The maximum absolute atomic E-state index is 12.3. The first kappa shape index (κ1) is 16.7. The molecule has 1 aromatic rings. The number of hydrazine groups is 1. The third kappa shape index (κ3) is 3.90. The van der Waals surface area contributed by atoms with Crippen molar-refractivity contribution in [3.05, 3.63) is 23.8 Å². The van der Waals surface area contributed by atoms with Crippen LogP contribution in [-0.4, -0.2) is 31.3 Å². The van der Waals surface area contributed by atoms with Gasteiger partial charge in [0.05, 0.1) is 19.4 Å². The molecule has 3 atom stereocenters. The topological polar surface area (TPSA) is 71.6 Å². The third-order valence-corrected chi connectivity index (χ3v) is 5.40. The molecule has 6 nitrogen and oxygen atoms in total. The molecule has 0 spiro atoms. The Morgan fingerprint density at radius 2 is 2.00 bits per heavy atom. The summed E-state index contributed by atoms with van der Waals surface area (Å²) in [5, 5.41) is 3.12. The number of carbonyl (C=O) groups is 1. The number of hydrogen-bond donors (Lipinski definition) is 3. The average Bonchev–Trinajstić information content (AvgIpc) is 3.41. The highest BCUT2D eigenvalue weighted by Gasteiger charge is 2.42. The molecule has 3 aliphatic rings. The number of fused-ring (bicyclic) bond motifs is 1. The molecule has 0 radical (unpaired) electrons. The summed E-state index contributed by atoms with van der Waals surface area (Å²) < 4.78 is 11.4. The lowest BCUT2D eigenvalue weighted by molar-refractivity contribution is -0.122. The number of hydrogen-bond acceptors (Lipinski definition) is 5. The van der Waals surface area contributed by atoms with Gasteiger partial charge in [-0.15, -0.1) is 0 Å². The molecule has 4 rings (SSSR count). The average molecular weight is 345 g/mol. The molecule has 25 heavy (non-hydrogen) atoms. The number of benzene rings is 1. The lowest BCUT2D eigenvalue weighted by Gasteiger charge is -2.19. The Bertz CT molecular complexity index is 632. The fourth-order valence-electron chi connectivity index (χ4n) is 3.69. The van der Waals surface area contributed by atoms with E-state index in [1.165, 1.54) is 12.8 Å². The van der Waals surface area contributed by atoms with Crippen molar-refractivity contribution in [3.8, 4) is 11.5 Å². The van der Waals surface area contributed by atoms with Gasteiger partial charge in [-0.3, -0.25) is 10.2 Å². The summed E-state index contributed by atoms with van der Waals surface area (Å²) >= 11 is 0. The van der Waals surface area contributed by atoms with E-state index in [0.29, 0.717) is 38.0 Å². The van der Waals surface area contributed by atoms with E-state index in [9.17, 15) is 4.79 Å². The van der Waals surface area contributed by atoms with E-state index in [0.717, 1.165) is 29.4 Å². The van der Waals surface area contributed by atoms with Gasteiger partial charge in [-0.05, 0) is 42.9 Å². The van der Waals surface area contributed by atoms with Crippen LogP contribution in [0.2, 0.25) is 0 Å². The molecule has 1 saturated carbocycles. The maximum atomic E-state index is 12.3. The lowest BCUT2D eigenvalue weighted by Crippen LogP contribution is -2.46. The molecule has 1 aliphatic carbocycles. The molecule has 2 aliphatic heterocycles. The van der Waals surface area contributed by atoms with Gasteiger partial charge in [0.1, 0.15) is 0 Å². The molecular formula is C19H27N3O3. The van der Waals surface area contributed by atoms with E-state index in [2.05, 4.69) is 23.1 Å². The minimum absolute atomic E-state index is 0.0156. The van der Waals surface area contributed by atoms with Crippen LogP contribution in [0.4, 0.5) is 0 Å².